The molecule has 3 aromatic rings. The molecule has 3 heterocycles. The van der Waals surface area contributed by atoms with Crippen molar-refractivity contribution >= 4 is 11.8 Å². The van der Waals surface area contributed by atoms with Crippen LogP contribution in [-0.2, 0) is 11.3 Å². The molecule has 1 N–H and O–H groups in total. The van der Waals surface area contributed by atoms with Gasteiger partial charge in [0.25, 0.3) is 5.91 Å². The van der Waals surface area contributed by atoms with E-state index in [1.165, 1.54) is 0 Å². The van der Waals surface area contributed by atoms with Crippen LogP contribution in [0.15, 0.2) is 48.7 Å². The monoisotopic (exact) mass is 390 g/mol. The van der Waals surface area contributed by atoms with Crippen LogP contribution in [0.2, 0.25) is 0 Å². The number of carbonyl (C=O) groups is 2. The summed E-state index contributed by atoms with van der Waals surface area (Å²) in [6, 6.07) is 13.4. The topological polar surface area (TPSA) is 93.0 Å². The third kappa shape index (κ3) is 3.87. The average molecular weight is 390 g/mol. The number of para-hydroxylation sites is 1. The molecule has 8 nitrogen and oxygen atoms in total. The van der Waals surface area contributed by atoms with E-state index in [-0.39, 0.29) is 23.6 Å². The molecule has 0 atom stereocenters. The number of hydrogen-bond acceptors (Lipinski definition) is 5. The summed E-state index contributed by atoms with van der Waals surface area (Å²) < 4.78 is 1.65. The molecule has 8 heteroatoms. The largest absolute Gasteiger partial charge is 0.350 e. The highest BCUT2D eigenvalue weighted by molar-refractivity contribution is 5.93. The number of hydrogen-bond donors (Lipinski definition) is 1. The number of nitrogens with one attached hydrogen (secondary N) is 1. The number of nitrogens with zero attached hydrogens (tertiary/aromatic N) is 5. The van der Waals surface area contributed by atoms with Crippen molar-refractivity contribution in [3.63, 3.8) is 0 Å². The molecule has 0 spiro atoms. The average Bonchev–Trinajstić information content (AvgIpc) is 3.08. The molecule has 1 aliphatic rings. The van der Waals surface area contributed by atoms with Gasteiger partial charge in [0.15, 0.2) is 0 Å². The highest BCUT2D eigenvalue weighted by Crippen LogP contribution is 2.19. The number of pyridine rings is 1. The van der Waals surface area contributed by atoms with E-state index in [0.29, 0.717) is 25.5 Å². The Kier molecular flexibility index (Phi) is 5.07. The van der Waals surface area contributed by atoms with E-state index in [0.717, 1.165) is 16.9 Å². The fourth-order valence-corrected chi connectivity index (χ4v) is 3.26. The predicted octanol–water partition coefficient (Wildman–Crippen LogP) is 1.67. The first-order valence-corrected chi connectivity index (χ1v) is 9.49. The molecule has 2 aromatic heterocycles. The molecule has 4 rings (SSSR count). The van der Waals surface area contributed by atoms with Crippen LogP contribution in [0.3, 0.4) is 0 Å². The molecule has 0 bridgehead atoms. The summed E-state index contributed by atoms with van der Waals surface area (Å²) in [6.07, 6.45) is 1.71. The van der Waals surface area contributed by atoms with Crippen molar-refractivity contribution < 1.29 is 9.59 Å². The standard InChI is InChI=1S/C21H22N6O2/c1-14-7-6-10-22-18(14)11-23-20(28)16-12-26(13-16)21(29)19-24-15(2)27(25-19)17-8-4-3-5-9-17/h3-10,16H,11-13H2,1-2H3,(H,23,28). The zero-order valence-corrected chi connectivity index (χ0v) is 16.4. The van der Waals surface area contributed by atoms with Gasteiger partial charge in [-0.05, 0) is 37.6 Å². The number of benzene rings is 1. The molecule has 2 amide bonds. The van der Waals surface area contributed by atoms with Gasteiger partial charge in [0.1, 0.15) is 5.82 Å². The van der Waals surface area contributed by atoms with Gasteiger partial charge in [-0.1, -0.05) is 24.3 Å². The number of aromatic nitrogens is 4. The summed E-state index contributed by atoms with van der Waals surface area (Å²) in [4.78, 5) is 35.2. The first-order valence-electron chi connectivity index (χ1n) is 9.49. The summed E-state index contributed by atoms with van der Waals surface area (Å²) in [5.74, 6) is 0.236. The molecule has 29 heavy (non-hydrogen) atoms. The van der Waals surface area contributed by atoms with Crippen LogP contribution >= 0.6 is 0 Å². The first kappa shape index (κ1) is 18.8. The summed E-state index contributed by atoms with van der Waals surface area (Å²) in [6.45, 7) is 4.89. The number of rotatable bonds is 5. The number of likely N-dealkylation sites (tertiary alicyclic amines) is 1. The summed E-state index contributed by atoms with van der Waals surface area (Å²) >= 11 is 0. The lowest BCUT2D eigenvalue weighted by molar-refractivity contribution is -0.129. The second kappa shape index (κ2) is 7.83. The molecule has 0 saturated carbocycles. The van der Waals surface area contributed by atoms with Crippen molar-refractivity contribution in [1.29, 1.82) is 0 Å². The minimum atomic E-state index is -0.257. The second-order valence-electron chi connectivity index (χ2n) is 7.12. The molecule has 1 fully saturated rings. The molecular weight excluding hydrogens is 368 g/mol. The van der Waals surface area contributed by atoms with Gasteiger partial charge in [-0.25, -0.2) is 9.67 Å². The predicted molar refractivity (Wildman–Crippen MR) is 106 cm³/mol. The van der Waals surface area contributed by atoms with Gasteiger partial charge in [0, 0.05) is 19.3 Å². The van der Waals surface area contributed by atoms with Crippen LogP contribution < -0.4 is 5.32 Å². The quantitative estimate of drug-likeness (QED) is 0.715. The molecule has 1 aliphatic heterocycles. The molecule has 1 saturated heterocycles. The number of amides is 2. The summed E-state index contributed by atoms with van der Waals surface area (Å²) in [7, 11) is 0. The Morgan fingerprint density at radius 3 is 2.59 bits per heavy atom. The van der Waals surface area contributed by atoms with E-state index in [4.69, 9.17) is 0 Å². The van der Waals surface area contributed by atoms with Gasteiger partial charge in [-0.15, -0.1) is 5.10 Å². The Balaban J connectivity index is 1.33. The molecular formula is C21H22N6O2. The van der Waals surface area contributed by atoms with Gasteiger partial charge < -0.3 is 10.2 Å². The van der Waals surface area contributed by atoms with Crippen molar-refractivity contribution in [3.8, 4) is 5.69 Å². The van der Waals surface area contributed by atoms with Crippen LogP contribution in [0, 0.1) is 19.8 Å². The maximum Gasteiger partial charge on any atom is 0.293 e. The van der Waals surface area contributed by atoms with Gasteiger partial charge in [0.2, 0.25) is 11.7 Å². The van der Waals surface area contributed by atoms with Crippen molar-refractivity contribution in [2.45, 2.75) is 20.4 Å². The SMILES string of the molecule is Cc1cccnc1CNC(=O)C1CN(C(=O)c2nc(C)n(-c3ccccc3)n2)C1. The van der Waals surface area contributed by atoms with E-state index >= 15 is 0 Å². The minimum absolute atomic E-state index is 0.0712. The highest BCUT2D eigenvalue weighted by Gasteiger charge is 2.37. The Morgan fingerprint density at radius 1 is 1.10 bits per heavy atom. The maximum absolute atomic E-state index is 12.7. The van der Waals surface area contributed by atoms with Crippen LogP contribution in [0.25, 0.3) is 5.69 Å². The van der Waals surface area contributed by atoms with Crippen molar-refractivity contribution in [2.24, 2.45) is 5.92 Å². The lowest BCUT2D eigenvalue weighted by Crippen LogP contribution is -2.55. The maximum atomic E-state index is 12.7. The van der Waals surface area contributed by atoms with E-state index in [1.807, 2.05) is 56.3 Å². The van der Waals surface area contributed by atoms with Crippen molar-refractivity contribution in [1.82, 2.24) is 30.0 Å². The Labute approximate surface area is 168 Å². The number of aryl methyl sites for hydroxylation is 2. The first-order chi connectivity index (χ1) is 14.0. The van der Waals surface area contributed by atoms with Crippen LogP contribution in [-0.4, -0.2) is 49.6 Å². The van der Waals surface area contributed by atoms with Gasteiger partial charge in [-0.2, -0.15) is 0 Å². The highest BCUT2D eigenvalue weighted by atomic mass is 16.2. The second-order valence-corrected chi connectivity index (χ2v) is 7.12. The van der Waals surface area contributed by atoms with E-state index in [2.05, 4.69) is 20.4 Å². The van der Waals surface area contributed by atoms with Crippen molar-refractivity contribution in [3.05, 3.63) is 71.6 Å². The van der Waals surface area contributed by atoms with Crippen LogP contribution in [0.4, 0.5) is 0 Å². The Bertz CT molecular complexity index is 1040. The molecule has 0 unspecified atom stereocenters. The van der Waals surface area contributed by atoms with Crippen LogP contribution in [0.5, 0.6) is 0 Å². The van der Waals surface area contributed by atoms with Gasteiger partial charge in [-0.3, -0.25) is 14.6 Å². The third-order valence-electron chi connectivity index (χ3n) is 5.05. The van der Waals surface area contributed by atoms with Gasteiger partial charge >= 0.3 is 0 Å². The molecule has 148 valence electrons. The summed E-state index contributed by atoms with van der Waals surface area (Å²) in [5, 5.41) is 7.24. The molecule has 0 radical (unpaired) electrons. The fraction of sp³-hybridized carbons (Fsp3) is 0.286. The Hall–Kier alpha value is -3.55. The van der Waals surface area contributed by atoms with E-state index < -0.39 is 0 Å². The van der Waals surface area contributed by atoms with Crippen molar-refractivity contribution in [2.75, 3.05) is 13.1 Å². The lowest BCUT2D eigenvalue weighted by Gasteiger charge is -2.37. The van der Waals surface area contributed by atoms with E-state index in [1.54, 1.807) is 15.8 Å². The van der Waals surface area contributed by atoms with E-state index in [9.17, 15) is 9.59 Å². The van der Waals surface area contributed by atoms with Gasteiger partial charge in [0.05, 0.1) is 23.8 Å². The minimum Gasteiger partial charge on any atom is -0.350 e. The zero-order valence-electron chi connectivity index (χ0n) is 16.4. The summed E-state index contributed by atoms with van der Waals surface area (Å²) in [5.41, 5.74) is 2.73. The third-order valence-corrected chi connectivity index (χ3v) is 5.05. The fourth-order valence-electron chi connectivity index (χ4n) is 3.26. The van der Waals surface area contributed by atoms with Crippen LogP contribution in [0.1, 0.15) is 27.7 Å². The normalized spacial score (nSPS) is 13.8. The zero-order chi connectivity index (χ0) is 20.4. The smallest absolute Gasteiger partial charge is 0.293 e. The number of carbonyl (C=O) groups excluding carboxylic acids is 2. The molecule has 1 aromatic carbocycles. The Morgan fingerprint density at radius 2 is 1.86 bits per heavy atom. The lowest BCUT2D eigenvalue weighted by atomic mass is 9.99. The molecule has 0 aliphatic carbocycles.